The van der Waals surface area contributed by atoms with Crippen molar-refractivity contribution in [2.45, 2.75) is 25.4 Å². The molecule has 2 aliphatic rings. The molecule has 0 unspecified atom stereocenters. The van der Waals surface area contributed by atoms with Gasteiger partial charge in [-0.2, -0.15) is 0 Å². The number of carbonyl (C=O) groups is 2. The van der Waals surface area contributed by atoms with Crippen molar-refractivity contribution in [1.82, 2.24) is 0 Å². The van der Waals surface area contributed by atoms with Gasteiger partial charge in [-0.1, -0.05) is 18.6 Å². The Hall–Kier alpha value is -1.91. The fraction of sp³-hybridized carbons (Fsp3) is 0.467. The van der Waals surface area contributed by atoms with E-state index in [0.717, 1.165) is 18.4 Å². The van der Waals surface area contributed by atoms with Gasteiger partial charge in [-0.05, 0) is 30.5 Å². The zero-order valence-electron chi connectivity index (χ0n) is 11.1. The van der Waals surface area contributed by atoms with E-state index >= 15 is 0 Å². The molecule has 1 saturated carbocycles. The van der Waals surface area contributed by atoms with Crippen LogP contribution in [0, 0.1) is 17.2 Å². The first-order chi connectivity index (χ1) is 9.59. The number of hydrogen-bond acceptors (Lipinski definition) is 4. The molecule has 1 saturated heterocycles. The second-order valence-corrected chi connectivity index (χ2v) is 5.34. The quantitative estimate of drug-likeness (QED) is 0.615. The minimum Gasteiger partial charge on any atom is -0.468 e. The molecule has 1 aromatic rings. The molecule has 0 radical (unpaired) electrons. The Labute approximate surface area is 115 Å². The number of methoxy groups -OCH3 is 1. The van der Waals surface area contributed by atoms with Crippen LogP contribution in [0.2, 0.25) is 0 Å². The van der Waals surface area contributed by atoms with Crippen molar-refractivity contribution in [3.05, 3.63) is 35.6 Å². The summed E-state index contributed by atoms with van der Waals surface area (Å²) >= 11 is 0. The molecule has 20 heavy (non-hydrogen) atoms. The lowest BCUT2D eigenvalue weighted by atomic mass is 9.76. The van der Waals surface area contributed by atoms with Crippen LogP contribution < -0.4 is 0 Å². The summed E-state index contributed by atoms with van der Waals surface area (Å²) in [6.45, 7) is 0. The summed E-state index contributed by atoms with van der Waals surface area (Å²) in [4.78, 5) is 24.3. The second kappa shape index (κ2) is 4.58. The predicted molar refractivity (Wildman–Crippen MR) is 67.0 cm³/mol. The van der Waals surface area contributed by atoms with Gasteiger partial charge in [0.2, 0.25) is 0 Å². The van der Waals surface area contributed by atoms with Gasteiger partial charge in [-0.15, -0.1) is 0 Å². The van der Waals surface area contributed by atoms with Crippen LogP contribution in [0.5, 0.6) is 0 Å². The molecule has 4 nitrogen and oxygen atoms in total. The second-order valence-electron chi connectivity index (χ2n) is 5.34. The first-order valence-electron chi connectivity index (χ1n) is 6.64. The van der Waals surface area contributed by atoms with Crippen molar-refractivity contribution in [3.8, 4) is 0 Å². The number of rotatable bonds is 2. The summed E-state index contributed by atoms with van der Waals surface area (Å²) in [6, 6.07) is 5.85. The number of hydrogen-bond donors (Lipinski definition) is 0. The van der Waals surface area contributed by atoms with Crippen LogP contribution >= 0.6 is 0 Å². The van der Waals surface area contributed by atoms with Gasteiger partial charge in [0.15, 0.2) is 5.41 Å². The molecule has 1 aromatic carbocycles. The van der Waals surface area contributed by atoms with Gasteiger partial charge < -0.3 is 9.47 Å². The number of ether oxygens (including phenoxy) is 2. The van der Waals surface area contributed by atoms with E-state index in [9.17, 15) is 14.0 Å². The highest BCUT2D eigenvalue weighted by atomic mass is 19.1. The lowest BCUT2D eigenvalue weighted by Crippen LogP contribution is -2.39. The van der Waals surface area contributed by atoms with Crippen molar-refractivity contribution in [2.24, 2.45) is 11.3 Å². The van der Waals surface area contributed by atoms with Crippen LogP contribution in [-0.4, -0.2) is 19.0 Å². The minimum atomic E-state index is -1.17. The van der Waals surface area contributed by atoms with Crippen molar-refractivity contribution >= 4 is 11.9 Å². The number of fused-ring (bicyclic) bond motifs is 1. The van der Waals surface area contributed by atoms with Crippen LogP contribution in [0.15, 0.2) is 24.3 Å². The zero-order chi connectivity index (χ0) is 14.3. The van der Waals surface area contributed by atoms with Crippen LogP contribution in [-0.2, 0) is 19.1 Å². The number of halogens is 1. The zero-order valence-corrected chi connectivity index (χ0v) is 11.1. The molecular formula is C15H15FO4. The van der Waals surface area contributed by atoms with E-state index in [1.807, 2.05) is 0 Å². The lowest BCUT2D eigenvalue weighted by Gasteiger charge is -2.22. The van der Waals surface area contributed by atoms with Gasteiger partial charge in [0.05, 0.1) is 7.11 Å². The number of benzene rings is 1. The third kappa shape index (κ3) is 1.65. The van der Waals surface area contributed by atoms with Gasteiger partial charge in [0.1, 0.15) is 11.9 Å². The molecule has 1 aliphatic heterocycles. The lowest BCUT2D eigenvalue weighted by molar-refractivity contribution is -0.163. The molecule has 106 valence electrons. The van der Waals surface area contributed by atoms with Gasteiger partial charge in [0, 0.05) is 5.92 Å². The standard InChI is InChI=1S/C15H15FO4/c1-19-13(17)15-8-2-3-11(15)12(20-14(15)18)9-4-6-10(16)7-5-9/h4-7,11-12H,2-3,8H2,1H3/t11-,12-,15-/m0/s1. The molecule has 2 fully saturated rings. The maximum atomic E-state index is 13.0. The van der Waals surface area contributed by atoms with Gasteiger partial charge in [0.25, 0.3) is 0 Å². The van der Waals surface area contributed by atoms with Crippen molar-refractivity contribution in [1.29, 1.82) is 0 Å². The Kier molecular flexibility index (Phi) is 3.00. The van der Waals surface area contributed by atoms with E-state index in [1.54, 1.807) is 12.1 Å². The molecular weight excluding hydrogens is 263 g/mol. The molecule has 1 aliphatic carbocycles. The van der Waals surface area contributed by atoms with Crippen LogP contribution in [0.4, 0.5) is 4.39 Å². The molecule has 5 heteroatoms. The molecule has 0 aromatic heterocycles. The smallest absolute Gasteiger partial charge is 0.324 e. The van der Waals surface area contributed by atoms with E-state index in [4.69, 9.17) is 9.47 Å². The Bertz CT molecular complexity index is 553. The predicted octanol–water partition coefficient (Wildman–Crippen LogP) is 2.38. The number of esters is 2. The third-order valence-electron chi connectivity index (χ3n) is 4.43. The van der Waals surface area contributed by atoms with E-state index in [0.29, 0.717) is 6.42 Å². The molecule has 0 spiro atoms. The average Bonchev–Trinajstić information content (AvgIpc) is 3.00. The van der Waals surface area contributed by atoms with Gasteiger partial charge >= 0.3 is 11.9 Å². The maximum Gasteiger partial charge on any atom is 0.324 e. The van der Waals surface area contributed by atoms with Crippen LogP contribution in [0.3, 0.4) is 0 Å². The summed E-state index contributed by atoms with van der Waals surface area (Å²) in [5.74, 6) is -1.60. The van der Waals surface area contributed by atoms with E-state index in [2.05, 4.69) is 0 Å². The highest BCUT2D eigenvalue weighted by Crippen LogP contribution is 2.57. The van der Waals surface area contributed by atoms with Gasteiger partial charge in [-0.25, -0.2) is 4.39 Å². The minimum absolute atomic E-state index is 0.229. The molecule has 0 N–H and O–H groups in total. The summed E-state index contributed by atoms with van der Waals surface area (Å²) in [6.07, 6.45) is 1.47. The Balaban J connectivity index is 1.99. The largest absolute Gasteiger partial charge is 0.468 e. The maximum absolute atomic E-state index is 13.0. The summed E-state index contributed by atoms with van der Waals surface area (Å²) in [7, 11) is 1.28. The van der Waals surface area contributed by atoms with E-state index in [1.165, 1.54) is 19.2 Å². The summed E-state index contributed by atoms with van der Waals surface area (Å²) in [5, 5.41) is 0. The SMILES string of the molecule is COC(=O)[C@]12CCC[C@H]1[C@H](c1ccc(F)cc1)OC2=O. The first-order valence-corrected chi connectivity index (χ1v) is 6.64. The molecule has 3 rings (SSSR count). The summed E-state index contributed by atoms with van der Waals surface area (Å²) < 4.78 is 23.2. The molecule has 3 atom stereocenters. The molecule has 0 amide bonds. The fourth-order valence-electron chi connectivity index (χ4n) is 3.47. The number of carbonyl (C=O) groups excluding carboxylic acids is 2. The van der Waals surface area contributed by atoms with Gasteiger partial charge in [-0.3, -0.25) is 9.59 Å². The normalized spacial score (nSPS) is 31.8. The van der Waals surface area contributed by atoms with E-state index < -0.39 is 23.5 Å². The van der Waals surface area contributed by atoms with Crippen molar-refractivity contribution < 1.29 is 23.5 Å². The third-order valence-corrected chi connectivity index (χ3v) is 4.43. The molecule has 0 bridgehead atoms. The Morgan fingerprint density at radius 2 is 2.10 bits per heavy atom. The number of cyclic esters (lactones) is 1. The van der Waals surface area contributed by atoms with Crippen molar-refractivity contribution in [3.63, 3.8) is 0 Å². The first kappa shape index (κ1) is 13.1. The van der Waals surface area contributed by atoms with E-state index in [-0.39, 0.29) is 11.7 Å². The Morgan fingerprint density at radius 3 is 2.75 bits per heavy atom. The topological polar surface area (TPSA) is 52.6 Å². The molecule has 1 heterocycles. The Morgan fingerprint density at radius 1 is 1.40 bits per heavy atom. The highest BCUT2D eigenvalue weighted by molar-refractivity contribution is 6.02. The van der Waals surface area contributed by atoms with Crippen LogP contribution in [0.1, 0.15) is 30.9 Å². The average molecular weight is 278 g/mol. The summed E-state index contributed by atoms with van der Waals surface area (Å²) in [5.41, 5.74) is -0.453. The van der Waals surface area contributed by atoms with Crippen molar-refractivity contribution in [2.75, 3.05) is 7.11 Å². The fourth-order valence-corrected chi connectivity index (χ4v) is 3.47. The highest BCUT2D eigenvalue weighted by Gasteiger charge is 2.65. The monoisotopic (exact) mass is 278 g/mol. The van der Waals surface area contributed by atoms with Crippen LogP contribution in [0.25, 0.3) is 0 Å².